The average molecular weight is 349 g/mol. The lowest BCUT2D eigenvalue weighted by Crippen LogP contribution is -1.95. The number of nitrogens with zero attached hydrogens (tertiary/aromatic N) is 3. The van der Waals surface area contributed by atoms with Crippen LogP contribution in [0.3, 0.4) is 0 Å². The molecule has 3 aromatic rings. The molecule has 0 bridgehead atoms. The number of hydrogen-bond donors (Lipinski definition) is 1. The van der Waals surface area contributed by atoms with Crippen LogP contribution in [-0.4, -0.2) is 21.1 Å². The van der Waals surface area contributed by atoms with Crippen LogP contribution in [0.2, 0.25) is 10.0 Å². The fourth-order valence-corrected chi connectivity index (χ4v) is 2.41. The van der Waals surface area contributed by atoms with Gasteiger partial charge in [-0.1, -0.05) is 47.5 Å². The van der Waals surface area contributed by atoms with Crippen LogP contribution in [0.1, 0.15) is 5.56 Å². The van der Waals surface area contributed by atoms with E-state index in [1.54, 1.807) is 24.4 Å². The van der Waals surface area contributed by atoms with Gasteiger partial charge in [-0.2, -0.15) is 14.9 Å². The van der Waals surface area contributed by atoms with Crippen molar-refractivity contribution in [3.8, 4) is 11.4 Å². The monoisotopic (exact) mass is 348 g/mol. The first-order chi connectivity index (χ1) is 10.6. The van der Waals surface area contributed by atoms with Crippen LogP contribution in [0, 0.1) is 4.77 Å². The Morgan fingerprint density at radius 1 is 1.09 bits per heavy atom. The summed E-state index contributed by atoms with van der Waals surface area (Å²) in [6.07, 6.45) is 1.68. The lowest BCUT2D eigenvalue weighted by Gasteiger charge is -2.03. The molecular formula is C15H10Cl2N4S. The molecule has 1 aromatic heterocycles. The summed E-state index contributed by atoms with van der Waals surface area (Å²) in [7, 11) is 0. The van der Waals surface area contributed by atoms with E-state index in [-0.39, 0.29) is 0 Å². The van der Waals surface area contributed by atoms with Crippen LogP contribution in [0.4, 0.5) is 0 Å². The molecule has 0 aliphatic heterocycles. The lowest BCUT2D eigenvalue weighted by molar-refractivity contribution is 0.871. The van der Waals surface area contributed by atoms with Crippen molar-refractivity contribution in [2.75, 3.05) is 0 Å². The summed E-state index contributed by atoms with van der Waals surface area (Å²) in [5.41, 5.74) is 1.65. The Morgan fingerprint density at radius 3 is 2.55 bits per heavy atom. The van der Waals surface area contributed by atoms with Crippen LogP contribution in [-0.2, 0) is 0 Å². The third-order valence-corrected chi connectivity index (χ3v) is 3.80. The second-order valence-corrected chi connectivity index (χ2v) is 5.67. The van der Waals surface area contributed by atoms with Crippen LogP contribution in [0.15, 0.2) is 53.6 Å². The lowest BCUT2D eigenvalue weighted by atomic mass is 10.2. The van der Waals surface area contributed by atoms with Gasteiger partial charge in [0.05, 0.1) is 11.2 Å². The van der Waals surface area contributed by atoms with Gasteiger partial charge in [0.25, 0.3) is 0 Å². The first-order valence-electron chi connectivity index (χ1n) is 6.37. The maximum Gasteiger partial charge on any atom is 0.216 e. The molecule has 0 aliphatic carbocycles. The highest BCUT2D eigenvalue weighted by Crippen LogP contribution is 2.25. The number of nitrogens with one attached hydrogen (secondary N) is 1. The molecule has 3 rings (SSSR count). The van der Waals surface area contributed by atoms with E-state index >= 15 is 0 Å². The quantitative estimate of drug-likeness (QED) is 0.545. The van der Waals surface area contributed by atoms with E-state index in [0.29, 0.717) is 20.6 Å². The van der Waals surface area contributed by atoms with Crippen molar-refractivity contribution in [2.24, 2.45) is 5.10 Å². The van der Waals surface area contributed by atoms with Gasteiger partial charge in [-0.15, -0.1) is 0 Å². The number of halogens is 2. The van der Waals surface area contributed by atoms with Crippen molar-refractivity contribution < 1.29 is 0 Å². The van der Waals surface area contributed by atoms with Crippen molar-refractivity contribution in [2.45, 2.75) is 0 Å². The number of H-pyrrole nitrogens is 1. The molecule has 0 radical (unpaired) electrons. The number of benzene rings is 2. The number of hydrogen-bond acceptors (Lipinski definition) is 3. The molecule has 0 aliphatic rings. The molecule has 2 aromatic carbocycles. The molecule has 0 fully saturated rings. The van der Waals surface area contributed by atoms with Crippen molar-refractivity contribution in [3.05, 3.63) is 68.9 Å². The molecule has 0 saturated heterocycles. The zero-order valence-electron chi connectivity index (χ0n) is 11.2. The zero-order chi connectivity index (χ0) is 15.5. The molecule has 7 heteroatoms. The molecular weight excluding hydrogens is 339 g/mol. The van der Waals surface area contributed by atoms with Gasteiger partial charge < -0.3 is 0 Å². The Kier molecular flexibility index (Phi) is 4.38. The third kappa shape index (κ3) is 3.11. The molecule has 0 saturated carbocycles. The van der Waals surface area contributed by atoms with Gasteiger partial charge in [0.15, 0.2) is 5.82 Å². The van der Waals surface area contributed by atoms with E-state index in [1.807, 2.05) is 30.3 Å². The Balaban J connectivity index is 2.02. The van der Waals surface area contributed by atoms with E-state index in [1.165, 1.54) is 4.68 Å². The standard InChI is InChI=1S/C15H10Cl2N4S/c16-11-7-5-10(6-8-11)9-18-21-14(19-20-15(21)22)12-3-1-2-4-13(12)17/h1-9H,(H,20,22)/b18-9+. The van der Waals surface area contributed by atoms with Crippen molar-refractivity contribution >= 4 is 41.6 Å². The third-order valence-electron chi connectivity index (χ3n) is 2.96. The van der Waals surface area contributed by atoms with Gasteiger partial charge in [-0.3, -0.25) is 0 Å². The van der Waals surface area contributed by atoms with Crippen LogP contribution >= 0.6 is 35.4 Å². The largest absolute Gasteiger partial charge is 0.250 e. The van der Waals surface area contributed by atoms with Crippen molar-refractivity contribution in [1.29, 1.82) is 0 Å². The minimum atomic E-state index is 0.389. The fraction of sp³-hybridized carbons (Fsp3) is 0. The first-order valence-corrected chi connectivity index (χ1v) is 7.54. The average Bonchev–Trinajstić information content (AvgIpc) is 2.88. The van der Waals surface area contributed by atoms with Gasteiger partial charge in [0.2, 0.25) is 4.77 Å². The van der Waals surface area contributed by atoms with Gasteiger partial charge in [0.1, 0.15) is 0 Å². The molecule has 1 N–H and O–H groups in total. The number of aromatic nitrogens is 3. The minimum Gasteiger partial charge on any atom is -0.250 e. The molecule has 4 nitrogen and oxygen atoms in total. The zero-order valence-corrected chi connectivity index (χ0v) is 13.5. The van der Waals surface area contributed by atoms with Crippen LogP contribution < -0.4 is 0 Å². The normalized spacial score (nSPS) is 11.2. The first kappa shape index (κ1) is 15.0. The number of aromatic amines is 1. The molecule has 0 unspecified atom stereocenters. The molecule has 0 atom stereocenters. The Bertz CT molecular complexity index is 881. The maximum absolute atomic E-state index is 6.21. The smallest absolute Gasteiger partial charge is 0.216 e. The predicted molar refractivity (Wildman–Crippen MR) is 92.3 cm³/mol. The van der Waals surface area contributed by atoms with E-state index < -0.39 is 0 Å². The Morgan fingerprint density at radius 2 is 1.82 bits per heavy atom. The molecule has 1 heterocycles. The van der Waals surface area contributed by atoms with Crippen LogP contribution in [0.25, 0.3) is 11.4 Å². The molecule has 0 spiro atoms. The summed E-state index contributed by atoms with van der Waals surface area (Å²) in [6, 6.07) is 14.7. The second kappa shape index (κ2) is 6.44. The van der Waals surface area contributed by atoms with E-state index in [2.05, 4.69) is 15.3 Å². The summed E-state index contributed by atoms with van der Waals surface area (Å²) in [5.74, 6) is 0.556. The van der Waals surface area contributed by atoms with E-state index in [4.69, 9.17) is 35.4 Å². The van der Waals surface area contributed by atoms with E-state index in [0.717, 1.165) is 11.1 Å². The van der Waals surface area contributed by atoms with Gasteiger partial charge >= 0.3 is 0 Å². The summed E-state index contributed by atoms with van der Waals surface area (Å²) < 4.78 is 1.92. The van der Waals surface area contributed by atoms with Gasteiger partial charge in [0, 0.05) is 10.6 Å². The summed E-state index contributed by atoms with van der Waals surface area (Å²) in [5, 5.41) is 12.6. The van der Waals surface area contributed by atoms with Gasteiger partial charge in [-0.05, 0) is 42.0 Å². The SMILES string of the molecule is S=c1[nH]nc(-c2ccccc2Cl)n1/N=C/c1ccc(Cl)cc1. The van der Waals surface area contributed by atoms with E-state index in [9.17, 15) is 0 Å². The highest BCUT2D eigenvalue weighted by Gasteiger charge is 2.10. The summed E-state index contributed by atoms with van der Waals surface area (Å²) >= 11 is 17.3. The minimum absolute atomic E-state index is 0.389. The Labute approximate surface area is 142 Å². The summed E-state index contributed by atoms with van der Waals surface area (Å²) in [4.78, 5) is 0. The van der Waals surface area contributed by atoms with Crippen LogP contribution in [0.5, 0.6) is 0 Å². The highest BCUT2D eigenvalue weighted by molar-refractivity contribution is 7.71. The maximum atomic E-state index is 6.21. The topological polar surface area (TPSA) is 46.0 Å². The molecule has 110 valence electrons. The van der Waals surface area contributed by atoms with Crippen molar-refractivity contribution in [3.63, 3.8) is 0 Å². The van der Waals surface area contributed by atoms with Gasteiger partial charge in [-0.25, -0.2) is 5.10 Å². The highest BCUT2D eigenvalue weighted by atomic mass is 35.5. The molecule has 22 heavy (non-hydrogen) atoms. The molecule has 0 amide bonds. The number of rotatable bonds is 3. The Hall–Kier alpha value is -1.95. The second-order valence-electron chi connectivity index (χ2n) is 4.44. The predicted octanol–water partition coefficient (Wildman–Crippen LogP) is 4.80. The summed E-state index contributed by atoms with van der Waals surface area (Å²) in [6.45, 7) is 0. The fourth-order valence-electron chi connectivity index (χ4n) is 1.89. The van der Waals surface area contributed by atoms with Crippen molar-refractivity contribution in [1.82, 2.24) is 14.9 Å².